The van der Waals surface area contributed by atoms with Gasteiger partial charge in [-0.2, -0.15) is 5.10 Å². The van der Waals surface area contributed by atoms with Gasteiger partial charge in [0, 0.05) is 34.9 Å². The molecule has 7 nitrogen and oxygen atoms in total. The second-order valence-electron chi connectivity index (χ2n) is 12.2. The molecule has 1 N–H and O–H groups in total. The number of hydrogen-bond donors (Lipinski definition) is 1. The Morgan fingerprint density at radius 3 is 2.33 bits per heavy atom. The lowest BCUT2D eigenvalue weighted by Gasteiger charge is -2.26. The molecule has 0 radical (unpaired) electrons. The molecular formula is C37H36FN5O2. The molecule has 1 aliphatic carbocycles. The highest BCUT2D eigenvalue weighted by Crippen LogP contribution is 2.39. The lowest BCUT2D eigenvalue weighted by molar-refractivity contribution is -0.117. The quantitative estimate of drug-likeness (QED) is 0.181. The molecule has 228 valence electrons. The molecule has 3 aromatic carbocycles. The Bertz CT molecular complexity index is 1820. The number of benzene rings is 3. The molecule has 1 saturated carbocycles. The first-order valence-electron chi connectivity index (χ1n) is 15.7. The summed E-state index contributed by atoms with van der Waals surface area (Å²) in [6.07, 6.45) is 5.87. The highest BCUT2D eigenvalue weighted by Gasteiger charge is 2.43. The zero-order valence-electron chi connectivity index (χ0n) is 25.5. The molecular weight excluding hydrogens is 565 g/mol. The summed E-state index contributed by atoms with van der Waals surface area (Å²) >= 11 is 0. The highest BCUT2D eigenvalue weighted by atomic mass is 19.1. The predicted octanol–water partition coefficient (Wildman–Crippen LogP) is 8.39. The Labute approximate surface area is 262 Å². The summed E-state index contributed by atoms with van der Waals surface area (Å²) in [5.41, 5.74) is 6.65. The van der Waals surface area contributed by atoms with Gasteiger partial charge in [-0.1, -0.05) is 74.5 Å². The summed E-state index contributed by atoms with van der Waals surface area (Å²) < 4.78 is 21.8. The van der Waals surface area contributed by atoms with Gasteiger partial charge in [-0.25, -0.2) is 19.0 Å². The zero-order valence-corrected chi connectivity index (χ0v) is 25.5. The van der Waals surface area contributed by atoms with Gasteiger partial charge in [-0.05, 0) is 60.7 Å². The number of alkyl halides is 1. The number of ether oxygens (including phenoxy) is 1. The Hall–Kier alpha value is -4.69. The third-order valence-corrected chi connectivity index (χ3v) is 8.56. The van der Waals surface area contributed by atoms with E-state index < -0.39 is 12.1 Å². The van der Waals surface area contributed by atoms with Gasteiger partial charge in [0.25, 0.3) is 0 Å². The van der Waals surface area contributed by atoms with Gasteiger partial charge in [-0.15, -0.1) is 0 Å². The summed E-state index contributed by atoms with van der Waals surface area (Å²) in [7, 11) is 0. The van der Waals surface area contributed by atoms with E-state index >= 15 is 0 Å². The molecule has 5 aromatic rings. The van der Waals surface area contributed by atoms with E-state index in [2.05, 4.69) is 60.5 Å². The first-order valence-corrected chi connectivity index (χ1v) is 15.7. The van der Waals surface area contributed by atoms with Crippen molar-refractivity contribution < 1.29 is 13.9 Å². The monoisotopic (exact) mass is 601 g/mol. The van der Waals surface area contributed by atoms with Gasteiger partial charge in [0.1, 0.15) is 18.2 Å². The van der Waals surface area contributed by atoms with Crippen LogP contribution in [0.25, 0.3) is 21.9 Å². The molecule has 3 heterocycles. The van der Waals surface area contributed by atoms with Crippen molar-refractivity contribution >= 4 is 33.9 Å². The standard InChI is InChI=1S/C37H36FN5O2/c1-23(2)36-30(22-40-43(36)34-15-9-10-16-45-34)26-17-27-19-33(42-37(44)28-20-31(28)38)39-21-29(27)32(18-26)41-35(24-11-5-3-6-12-24)25-13-7-4-8-14-25/h3-8,11-14,17-19,21-23,28,31,34H,9-10,15-16,20H2,1-2H3,(H,39,42,44)/t28-,31-,34?/m1/s1. The van der Waals surface area contributed by atoms with Crippen LogP contribution in [0, 0.1) is 5.92 Å². The lowest BCUT2D eigenvalue weighted by atomic mass is 9.96. The average molecular weight is 602 g/mol. The van der Waals surface area contributed by atoms with Crippen LogP contribution in [-0.2, 0) is 9.53 Å². The third kappa shape index (κ3) is 6.02. The number of pyridine rings is 1. The minimum absolute atomic E-state index is 0.0848. The number of carbonyl (C=O) groups excluding carboxylic acids is 1. The van der Waals surface area contributed by atoms with Gasteiger partial charge < -0.3 is 10.1 Å². The number of aromatic nitrogens is 3. The first kappa shape index (κ1) is 29.0. The number of hydrogen-bond acceptors (Lipinski definition) is 5. The lowest BCUT2D eigenvalue weighted by Crippen LogP contribution is -2.21. The molecule has 3 atom stereocenters. The smallest absolute Gasteiger partial charge is 0.231 e. The number of anilines is 1. The van der Waals surface area contributed by atoms with Crippen molar-refractivity contribution in [1.82, 2.24) is 14.8 Å². The number of amides is 1. The fourth-order valence-corrected chi connectivity index (χ4v) is 6.13. The number of halogens is 1. The van der Waals surface area contributed by atoms with E-state index in [0.717, 1.165) is 76.0 Å². The summed E-state index contributed by atoms with van der Waals surface area (Å²) in [5.74, 6) is -0.357. The number of nitrogens with zero attached hydrogens (tertiary/aromatic N) is 4. The fourth-order valence-electron chi connectivity index (χ4n) is 6.13. The van der Waals surface area contributed by atoms with Crippen LogP contribution in [0.15, 0.2) is 96.2 Å². The molecule has 1 unspecified atom stereocenters. The van der Waals surface area contributed by atoms with Crippen LogP contribution in [0.4, 0.5) is 15.9 Å². The van der Waals surface area contributed by atoms with Crippen LogP contribution in [0.1, 0.15) is 68.5 Å². The van der Waals surface area contributed by atoms with Crippen LogP contribution < -0.4 is 5.32 Å². The topological polar surface area (TPSA) is 81.4 Å². The number of fused-ring (bicyclic) bond motifs is 1. The maximum absolute atomic E-state index is 13.6. The van der Waals surface area contributed by atoms with Crippen LogP contribution in [-0.4, -0.2) is 39.2 Å². The Morgan fingerprint density at radius 1 is 1.00 bits per heavy atom. The van der Waals surface area contributed by atoms with Crippen LogP contribution in [0.3, 0.4) is 0 Å². The Morgan fingerprint density at radius 2 is 1.71 bits per heavy atom. The van der Waals surface area contributed by atoms with Crippen molar-refractivity contribution in [3.05, 3.63) is 108 Å². The first-order chi connectivity index (χ1) is 22.0. The number of rotatable bonds is 8. The Kier molecular flexibility index (Phi) is 7.98. The molecule has 2 aromatic heterocycles. The molecule has 2 fully saturated rings. The number of carbonyl (C=O) groups is 1. The summed E-state index contributed by atoms with van der Waals surface area (Å²) in [6, 6.07) is 26.3. The number of aliphatic imine (C=N–C) groups is 1. The van der Waals surface area contributed by atoms with Gasteiger partial charge in [0.2, 0.25) is 5.91 Å². The highest BCUT2D eigenvalue weighted by molar-refractivity contribution is 6.15. The molecule has 45 heavy (non-hydrogen) atoms. The summed E-state index contributed by atoms with van der Waals surface area (Å²) in [4.78, 5) is 22.4. The van der Waals surface area contributed by atoms with Crippen LogP contribution in [0.5, 0.6) is 0 Å². The SMILES string of the molecule is CC(C)c1c(-c2cc(N=C(c3ccccc3)c3ccccc3)c3cnc(NC(=O)[C@@H]4C[C@H]4F)cc3c2)cnn1C1CCCCO1. The van der Waals surface area contributed by atoms with E-state index in [1.165, 1.54) is 0 Å². The van der Waals surface area contributed by atoms with Gasteiger partial charge >= 0.3 is 0 Å². The van der Waals surface area contributed by atoms with Crippen LogP contribution in [0.2, 0.25) is 0 Å². The minimum atomic E-state index is -1.08. The molecule has 1 amide bonds. The zero-order chi connectivity index (χ0) is 30.9. The normalized spacial score (nSPS) is 19.4. The summed E-state index contributed by atoms with van der Waals surface area (Å²) in [5, 5.41) is 9.36. The van der Waals surface area contributed by atoms with Crippen molar-refractivity contribution in [3.8, 4) is 11.1 Å². The van der Waals surface area contributed by atoms with Gasteiger partial charge in [0.05, 0.1) is 29.2 Å². The molecule has 0 spiro atoms. The van der Waals surface area contributed by atoms with Crippen molar-refractivity contribution in [1.29, 1.82) is 0 Å². The van der Waals surface area contributed by atoms with Crippen LogP contribution >= 0.6 is 0 Å². The van der Waals surface area contributed by atoms with E-state index in [1.54, 1.807) is 6.20 Å². The van der Waals surface area contributed by atoms with E-state index in [0.29, 0.717) is 5.82 Å². The molecule has 8 heteroatoms. The van der Waals surface area contributed by atoms with E-state index in [4.69, 9.17) is 14.8 Å². The predicted molar refractivity (Wildman–Crippen MR) is 176 cm³/mol. The second kappa shape index (κ2) is 12.4. The largest absolute Gasteiger partial charge is 0.357 e. The fraction of sp³-hybridized carbons (Fsp3) is 0.297. The van der Waals surface area contributed by atoms with E-state index in [1.807, 2.05) is 53.3 Å². The average Bonchev–Trinajstić information content (AvgIpc) is 3.64. The molecule has 2 aliphatic rings. The third-order valence-electron chi connectivity index (χ3n) is 8.56. The van der Waals surface area contributed by atoms with E-state index in [-0.39, 0.29) is 24.5 Å². The van der Waals surface area contributed by atoms with Crippen molar-refractivity contribution in [2.24, 2.45) is 10.9 Å². The maximum atomic E-state index is 13.6. The molecule has 1 aliphatic heterocycles. The molecule has 1 saturated heterocycles. The maximum Gasteiger partial charge on any atom is 0.231 e. The molecule has 0 bridgehead atoms. The number of nitrogens with one attached hydrogen (secondary N) is 1. The van der Waals surface area contributed by atoms with Crippen molar-refractivity contribution in [3.63, 3.8) is 0 Å². The minimum Gasteiger partial charge on any atom is -0.357 e. The summed E-state index contributed by atoms with van der Waals surface area (Å²) in [6.45, 7) is 5.09. The van der Waals surface area contributed by atoms with Crippen molar-refractivity contribution in [2.75, 3.05) is 11.9 Å². The Balaban J connectivity index is 1.41. The van der Waals surface area contributed by atoms with Gasteiger partial charge in [0.15, 0.2) is 0 Å². The van der Waals surface area contributed by atoms with Crippen molar-refractivity contribution in [2.45, 2.75) is 57.8 Å². The second-order valence-corrected chi connectivity index (χ2v) is 12.2. The van der Waals surface area contributed by atoms with E-state index in [9.17, 15) is 9.18 Å². The molecule has 7 rings (SSSR count). The van der Waals surface area contributed by atoms with Gasteiger partial charge in [-0.3, -0.25) is 4.79 Å².